The molecule has 2 heterocycles. The van der Waals surface area contributed by atoms with Crippen LogP contribution in [0.25, 0.3) is 5.69 Å². The van der Waals surface area contributed by atoms with E-state index in [4.69, 9.17) is 4.74 Å². The molecule has 0 spiro atoms. The highest BCUT2D eigenvalue weighted by Gasteiger charge is 2.22. The first-order chi connectivity index (χ1) is 13.6. The van der Waals surface area contributed by atoms with Crippen LogP contribution in [0.3, 0.4) is 0 Å². The van der Waals surface area contributed by atoms with Crippen molar-refractivity contribution < 1.29 is 9.53 Å². The van der Waals surface area contributed by atoms with Crippen molar-refractivity contribution in [3.8, 4) is 5.69 Å². The van der Waals surface area contributed by atoms with E-state index in [0.717, 1.165) is 34.2 Å². The first-order valence-electron chi connectivity index (χ1n) is 8.90. The predicted octanol–water partition coefficient (Wildman–Crippen LogP) is 3.72. The summed E-state index contributed by atoms with van der Waals surface area (Å²) in [6.45, 7) is 4.35. The van der Waals surface area contributed by atoms with Crippen LogP contribution in [0.4, 0.5) is 5.13 Å². The zero-order valence-corrected chi connectivity index (χ0v) is 17.6. The smallest absolute Gasteiger partial charge is 0.280 e. The number of ether oxygens (including phenoxy) is 1. The quantitative estimate of drug-likeness (QED) is 0.321. The first-order valence-corrected chi connectivity index (χ1v) is 10.7. The van der Waals surface area contributed by atoms with E-state index in [1.807, 2.05) is 31.2 Å². The minimum Gasteiger partial charge on any atom is -0.378 e. The monoisotopic (exact) mass is 418 g/mol. The van der Waals surface area contributed by atoms with Gasteiger partial charge >= 0.3 is 0 Å². The Morgan fingerprint density at radius 3 is 2.93 bits per heavy atom. The van der Waals surface area contributed by atoms with Crippen molar-refractivity contribution in [3.63, 3.8) is 0 Å². The van der Waals surface area contributed by atoms with Crippen molar-refractivity contribution in [2.75, 3.05) is 18.2 Å². The molecule has 1 amide bonds. The fraction of sp³-hybridized carbons (Fsp3) is 0.389. The highest BCUT2D eigenvalue weighted by Crippen LogP contribution is 2.26. The zero-order chi connectivity index (χ0) is 19.9. The number of aryl methyl sites for hydroxylation is 1. The normalized spacial score (nSPS) is 11.0. The van der Waals surface area contributed by atoms with Gasteiger partial charge in [-0.05, 0) is 31.0 Å². The Morgan fingerprint density at radius 1 is 1.32 bits per heavy atom. The minimum absolute atomic E-state index is 0.206. The standard InChI is InChI=1S/C18H22N6O2S2/c1-4-5-9-27-18-22-21-17(28-18)19-16(25)15-14(11-26-3)24(23-20-15)13-8-6-7-12(2)10-13/h6-8,10H,4-5,9,11H2,1-3H3,(H,19,21,25). The lowest BCUT2D eigenvalue weighted by molar-refractivity contribution is 0.101. The average Bonchev–Trinajstić information content (AvgIpc) is 3.29. The molecule has 148 valence electrons. The second-order valence-electron chi connectivity index (χ2n) is 6.10. The lowest BCUT2D eigenvalue weighted by Gasteiger charge is -2.07. The molecule has 0 bridgehead atoms. The largest absolute Gasteiger partial charge is 0.378 e. The molecule has 28 heavy (non-hydrogen) atoms. The molecule has 8 nitrogen and oxygen atoms in total. The van der Waals surface area contributed by atoms with Crippen molar-refractivity contribution in [2.45, 2.75) is 37.6 Å². The Bertz CT molecular complexity index is 940. The Kier molecular flexibility index (Phi) is 7.12. The van der Waals surface area contributed by atoms with Crippen molar-refractivity contribution in [3.05, 3.63) is 41.2 Å². The van der Waals surface area contributed by atoms with Gasteiger partial charge in [0, 0.05) is 12.9 Å². The van der Waals surface area contributed by atoms with Gasteiger partial charge in [-0.2, -0.15) is 0 Å². The molecule has 1 aromatic carbocycles. The van der Waals surface area contributed by atoms with Crippen LogP contribution in [0.5, 0.6) is 0 Å². The van der Waals surface area contributed by atoms with Crippen LogP contribution in [0.1, 0.15) is 41.5 Å². The zero-order valence-electron chi connectivity index (χ0n) is 16.0. The summed E-state index contributed by atoms with van der Waals surface area (Å²) in [7, 11) is 1.57. The molecule has 0 saturated heterocycles. The van der Waals surface area contributed by atoms with Gasteiger partial charge in [-0.15, -0.1) is 15.3 Å². The maximum atomic E-state index is 12.7. The van der Waals surface area contributed by atoms with Gasteiger partial charge in [-0.25, -0.2) is 4.68 Å². The fourth-order valence-corrected chi connectivity index (χ4v) is 4.39. The molecule has 0 radical (unpaired) electrons. The van der Waals surface area contributed by atoms with Crippen LogP contribution in [0.15, 0.2) is 28.6 Å². The third-order valence-electron chi connectivity index (χ3n) is 3.86. The third-order valence-corrected chi connectivity index (χ3v) is 5.91. The summed E-state index contributed by atoms with van der Waals surface area (Å²) in [5.41, 5.74) is 2.69. The molecular formula is C18H22N6O2S2. The van der Waals surface area contributed by atoms with Gasteiger partial charge < -0.3 is 4.74 Å². The predicted molar refractivity (Wildman–Crippen MR) is 110 cm³/mol. The molecule has 0 aliphatic heterocycles. The number of hydrogen-bond donors (Lipinski definition) is 1. The summed E-state index contributed by atoms with van der Waals surface area (Å²) >= 11 is 3.00. The van der Waals surface area contributed by atoms with Gasteiger partial charge in [0.1, 0.15) is 5.69 Å². The maximum absolute atomic E-state index is 12.7. The van der Waals surface area contributed by atoms with E-state index in [2.05, 4.69) is 32.7 Å². The van der Waals surface area contributed by atoms with E-state index < -0.39 is 0 Å². The highest BCUT2D eigenvalue weighted by molar-refractivity contribution is 8.01. The van der Waals surface area contributed by atoms with Gasteiger partial charge in [-0.1, -0.05) is 53.8 Å². The van der Waals surface area contributed by atoms with Crippen molar-refractivity contribution >= 4 is 34.1 Å². The van der Waals surface area contributed by atoms with Gasteiger partial charge in [-0.3, -0.25) is 10.1 Å². The molecule has 0 atom stereocenters. The lowest BCUT2D eigenvalue weighted by atomic mass is 10.2. The number of nitrogens with one attached hydrogen (secondary N) is 1. The Morgan fingerprint density at radius 2 is 2.18 bits per heavy atom. The van der Waals surface area contributed by atoms with Crippen LogP contribution in [-0.4, -0.2) is 44.0 Å². The number of nitrogens with zero attached hydrogens (tertiary/aromatic N) is 5. The summed E-state index contributed by atoms with van der Waals surface area (Å²) in [6, 6.07) is 7.81. The molecule has 0 fully saturated rings. The summed E-state index contributed by atoms with van der Waals surface area (Å²) < 4.78 is 7.73. The number of benzene rings is 1. The number of carbonyl (C=O) groups excluding carboxylic acids is 1. The van der Waals surface area contributed by atoms with E-state index >= 15 is 0 Å². The SMILES string of the molecule is CCCCSc1nnc(NC(=O)c2nnn(-c3cccc(C)c3)c2COC)s1. The van der Waals surface area contributed by atoms with Gasteiger partial charge in [0.2, 0.25) is 5.13 Å². The second-order valence-corrected chi connectivity index (χ2v) is 8.42. The molecule has 0 saturated carbocycles. The number of aromatic nitrogens is 5. The number of amides is 1. The van der Waals surface area contributed by atoms with Gasteiger partial charge in [0.25, 0.3) is 5.91 Å². The van der Waals surface area contributed by atoms with Crippen LogP contribution < -0.4 is 5.32 Å². The Labute approximate surface area is 171 Å². The van der Waals surface area contributed by atoms with E-state index in [0.29, 0.717) is 10.8 Å². The van der Waals surface area contributed by atoms with Crippen LogP contribution >= 0.6 is 23.1 Å². The number of thioether (sulfide) groups is 1. The number of unbranched alkanes of at least 4 members (excludes halogenated alkanes) is 1. The molecule has 3 rings (SSSR count). The molecular weight excluding hydrogens is 396 g/mol. The number of anilines is 1. The molecule has 2 aromatic heterocycles. The molecule has 1 N–H and O–H groups in total. The number of hydrogen-bond acceptors (Lipinski definition) is 8. The van der Waals surface area contributed by atoms with Gasteiger partial charge in [0.05, 0.1) is 12.3 Å². The van der Waals surface area contributed by atoms with E-state index in [1.165, 1.54) is 11.3 Å². The average molecular weight is 419 g/mol. The number of rotatable bonds is 9. The number of carbonyl (C=O) groups is 1. The van der Waals surface area contributed by atoms with E-state index in [-0.39, 0.29) is 18.2 Å². The van der Waals surface area contributed by atoms with Crippen molar-refractivity contribution in [1.82, 2.24) is 25.2 Å². The molecule has 0 aliphatic rings. The molecule has 10 heteroatoms. The van der Waals surface area contributed by atoms with Crippen molar-refractivity contribution in [2.24, 2.45) is 0 Å². The van der Waals surface area contributed by atoms with Gasteiger partial charge in [0.15, 0.2) is 10.0 Å². The topological polar surface area (TPSA) is 94.8 Å². The maximum Gasteiger partial charge on any atom is 0.280 e. The van der Waals surface area contributed by atoms with E-state index in [1.54, 1.807) is 23.6 Å². The second kappa shape index (κ2) is 9.76. The Balaban J connectivity index is 1.78. The summed E-state index contributed by atoms with van der Waals surface area (Å²) in [5.74, 6) is 0.606. The summed E-state index contributed by atoms with van der Waals surface area (Å²) in [5, 5.41) is 19.6. The van der Waals surface area contributed by atoms with Crippen LogP contribution in [0.2, 0.25) is 0 Å². The van der Waals surface area contributed by atoms with Crippen LogP contribution in [-0.2, 0) is 11.3 Å². The first kappa shape index (κ1) is 20.4. The van der Waals surface area contributed by atoms with E-state index in [9.17, 15) is 4.79 Å². The molecule has 0 unspecified atom stereocenters. The fourth-order valence-electron chi connectivity index (χ4n) is 2.49. The molecule has 0 aliphatic carbocycles. The Hall–Kier alpha value is -2.30. The lowest BCUT2D eigenvalue weighted by Crippen LogP contribution is -2.16. The van der Waals surface area contributed by atoms with Crippen LogP contribution in [0, 0.1) is 6.92 Å². The molecule has 3 aromatic rings. The summed E-state index contributed by atoms with van der Waals surface area (Å²) in [4.78, 5) is 12.7. The summed E-state index contributed by atoms with van der Waals surface area (Å²) in [6.07, 6.45) is 2.25. The minimum atomic E-state index is -0.382. The highest BCUT2D eigenvalue weighted by atomic mass is 32.2. The number of methoxy groups -OCH3 is 1. The third kappa shape index (κ3) is 4.94. The van der Waals surface area contributed by atoms with Crippen molar-refractivity contribution in [1.29, 1.82) is 0 Å².